The van der Waals surface area contributed by atoms with Crippen LogP contribution < -0.4 is 5.32 Å². The van der Waals surface area contributed by atoms with Gasteiger partial charge in [-0.15, -0.1) is 11.3 Å². The van der Waals surface area contributed by atoms with Gasteiger partial charge in [0.05, 0.1) is 21.7 Å². The van der Waals surface area contributed by atoms with Gasteiger partial charge in [0.15, 0.2) is 9.84 Å². The molecule has 4 rings (SSSR count). The molecule has 0 spiro atoms. The molecule has 0 saturated heterocycles. The van der Waals surface area contributed by atoms with Gasteiger partial charge in [0.2, 0.25) is 5.91 Å². The van der Waals surface area contributed by atoms with E-state index in [2.05, 4.69) is 10.3 Å². The first-order valence-corrected chi connectivity index (χ1v) is 11.6. The van der Waals surface area contributed by atoms with Gasteiger partial charge in [-0.1, -0.05) is 54.6 Å². The van der Waals surface area contributed by atoms with Gasteiger partial charge in [0, 0.05) is 5.56 Å². The molecule has 1 aromatic heterocycles. The molecule has 0 aliphatic carbocycles. The van der Waals surface area contributed by atoms with E-state index < -0.39 is 21.5 Å². The van der Waals surface area contributed by atoms with E-state index in [1.165, 1.54) is 11.3 Å². The minimum atomic E-state index is -3.58. The number of carbonyl (C=O) groups excluding carboxylic acids is 1. The van der Waals surface area contributed by atoms with Crippen molar-refractivity contribution in [1.82, 2.24) is 4.98 Å². The van der Waals surface area contributed by atoms with Gasteiger partial charge in [0.25, 0.3) is 0 Å². The summed E-state index contributed by atoms with van der Waals surface area (Å²) in [6.45, 7) is 0. The highest BCUT2D eigenvalue weighted by Gasteiger charge is 2.19. The Morgan fingerprint density at radius 1 is 0.897 bits per heavy atom. The fourth-order valence-electron chi connectivity index (χ4n) is 3.03. The summed E-state index contributed by atoms with van der Waals surface area (Å²) in [6, 6.07) is 23.9. The summed E-state index contributed by atoms with van der Waals surface area (Å²) in [5, 5.41) is 3.52. The minimum absolute atomic E-state index is 0.166. The summed E-state index contributed by atoms with van der Waals surface area (Å²) in [4.78, 5) is 17.1. The Balaban J connectivity index is 1.53. The molecule has 7 heteroatoms. The average molecular weight is 423 g/mol. The van der Waals surface area contributed by atoms with Crippen molar-refractivity contribution < 1.29 is 13.2 Å². The lowest BCUT2D eigenvalue weighted by Gasteiger charge is -2.10. The number of para-hydroxylation sites is 2. The van der Waals surface area contributed by atoms with Crippen LogP contribution in [0.2, 0.25) is 0 Å². The second kappa shape index (κ2) is 8.14. The van der Waals surface area contributed by atoms with E-state index in [4.69, 9.17) is 0 Å². The second-order valence-corrected chi connectivity index (χ2v) is 9.69. The van der Waals surface area contributed by atoms with Crippen molar-refractivity contribution in [3.63, 3.8) is 0 Å². The fourth-order valence-corrected chi connectivity index (χ4v) is 5.31. The smallest absolute Gasteiger partial charge is 0.239 e. The van der Waals surface area contributed by atoms with Gasteiger partial charge in [-0.2, -0.15) is 0 Å². The molecule has 1 N–H and O–H groups in total. The maximum atomic E-state index is 12.5. The molecule has 29 heavy (non-hydrogen) atoms. The van der Waals surface area contributed by atoms with Crippen LogP contribution >= 0.6 is 11.3 Å². The van der Waals surface area contributed by atoms with Gasteiger partial charge in [-0.05, 0) is 29.8 Å². The number of hydrogen-bond donors (Lipinski definition) is 1. The zero-order valence-corrected chi connectivity index (χ0v) is 17.0. The van der Waals surface area contributed by atoms with E-state index >= 15 is 0 Å². The number of nitrogens with zero attached hydrogens (tertiary/aromatic N) is 1. The Labute approximate surface area is 173 Å². The Bertz CT molecular complexity index is 1230. The standard InChI is InChI=1S/C22H18N2O3S2/c25-21(15-29(26,27)14-16-8-2-1-3-9-16)23-18-11-5-4-10-17(18)22-24-19-12-6-7-13-20(19)28-22/h1-13H,14-15H2,(H,23,25). The zero-order valence-electron chi connectivity index (χ0n) is 15.4. The third-order valence-corrected chi connectivity index (χ3v) is 6.85. The lowest BCUT2D eigenvalue weighted by molar-refractivity contribution is -0.113. The molecule has 0 atom stereocenters. The van der Waals surface area contributed by atoms with Gasteiger partial charge < -0.3 is 5.32 Å². The molecule has 0 aliphatic heterocycles. The molecule has 1 amide bonds. The van der Waals surface area contributed by atoms with E-state index in [1.807, 2.05) is 42.5 Å². The van der Waals surface area contributed by atoms with Crippen molar-refractivity contribution in [3.05, 3.63) is 84.4 Å². The van der Waals surface area contributed by atoms with E-state index in [1.54, 1.807) is 36.4 Å². The van der Waals surface area contributed by atoms with E-state index in [0.29, 0.717) is 11.3 Å². The van der Waals surface area contributed by atoms with Gasteiger partial charge >= 0.3 is 0 Å². The minimum Gasteiger partial charge on any atom is -0.325 e. The number of carbonyl (C=O) groups is 1. The highest BCUT2D eigenvalue weighted by molar-refractivity contribution is 7.91. The summed E-state index contributed by atoms with van der Waals surface area (Å²) in [6.07, 6.45) is 0. The number of fused-ring (bicyclic) bond motifs is 1. The molecule has 0 radical (unpaired) electrons. The largest absolute Gasteiger partial charge is 0.325 e. The summed E-state index contributed by atoms with van der Waals surface area (Å²) in [5.41, 5.74) is 2.86. The average Bonchev–Trinajstić information content (AvgIpc) is 3.12. The SMILES string of the molecule is O=C(CS(=O)(=O)Cc1ccccc1)Nc1ccccc1-c1nc2ccccc2s1. The maximum absolute atomic E-state index is 12.5. The molecule has 146 valence electrons. The highest BCUT2D eigenvalue weighted by atomic mass is 32.2. The number of sulfone groups is 1. The fraction of sp³-hybridized carbons (Fsp3) is 0.0909. The molecule has 0 aliphatic rings. The molecule has 4 aromatic rings. The number of amides is 1. The van der Waals surface area contributed by atoms with Gasteiger partial charge in [0.1, 0.15) is 10.8 Å². The van der Waals surface area contributed by atoms with Crippen molar-refractivity contribution in [2.45, 2.75) is 5.75 Å². The summed E-state index contributed by atoms with van der Waals surface area (Å²) in [7, 11) is -3.58. The van der Waals surface area contributed by atoms with E-state index in [0.717, 1.165) is 20.8 Å². The quantitative estimate of drug-likeness (QED) is 0.496. The molecule has 1 heterocycles. The zero-order chi connectivity index (χ0) is 20.3. The molecule has 5 nitrogen and oxygen atoms in total. The lowest BCUT2D eigenvalue weighted by atomic mass is 10.2. The Hall–Kier alpha value is -3.03. The van der Waals surface area contributed by atoms with Crippen molar-refractivity contribution in [3.8, 4) is 10.6 Å². The predicted molar refractivity (Wildman–Crippen MR) is 118 cm³/mol. The van der Waals surface area contributed by atoms with E-state index in [9.17, 15) is 13.2 Å². The monoisotopic (exact) mass is 422 g/mol. The normalized spacial score (nSPS) is 11.4. The Kier molecular flexibility index (Phi) is 5.42. The van der Waals surface area contributed by atoms with Crippen LogP contribution in [0.25, 0.3) is 20.8 Å². The third kappa shape index (κ3) is 4.70. The molecule has 0 fully saturated rings. The van der Waals surface area contributed by atoms with Crippen LogP contribution in [-0.2, 0) is 20.4 Å². The number of rotatable bonds is 6. The van der Waals surface area contributed by atoms with Crippen LogP contribution in [0, 0.1) is 0 Å². The van der Waals surface area contributed by atoms with Crippen LogP contribution in [0.5, 0.6) is 0 Å². The summed E-state index contributed by atoms with van der Waals surface area (Å²) >= 11 is 1.53. The summed E-state index contributed by atoms with van der Waals surface area (Å²) < 4.78 is 25.9. The van der Waals surface area contributed by atoms with Crippen molar-refractivity contribution in [2.75, 3.05) is 11.1 Å². The van der Waals surface area contributed by atoms with E-state index in [-0.39, 0.29) is 5.75 Å². The molecule has 0 bridgehead atoms. The molecular weight excluding hydrogens is 404 g/mol. The van der Waals surface area contributed by atoms with Gasteiger partial charge in [-0.3, -0.25) is 4.79 Å². The lowest BCUT2D eigenvalue weighted by Crippen LogP contribution is -2.24. The topological polar surface area (TPSA) is 76.1 Å². The first-order valence-electron chi connectivity index (χ1n) is 8.99. The maximum Gasteiger partial charge on any atom is 0.239 e. The number of anilines is 1. The highest BCUT2D eigenvalue weighted by Crippen LogP contribution is 2.34. The number of thiazole rings is 1. The van der Waals surface area contributed by atoms with Crippen molar-refractivity contribution in [1.29, 1.82) is 0 Å². The Morgan fingerprint density at radius 3 is 2.38 bits per heavy atom. The Morgan fingerprint density at radius 2 is 1.59 bits per heavy atom. The number of aromatic nitrogens is 1. The summed E-state index contributed by atoms with van der Waals surface area (Å²) in [5.74, 6) is -1.30. The molecule has 0 unspecified atom stereocenters. The molecule has 0 saturated carbocycles. The third-order valence-electron chi connectivity index (χ3n) is 4.31. The van der Waals surface area contributed by atoms with Gasteiger partial charge in [-0.25, -0.2) is 13.4 Å². The first-order chi connectivity index (χ1) is 14.0. The van der Waals surface area contributed by atoms with Crippen LogP contribution in [0.3, 0.4) is 0 Å². The van der Waals surface area contributed by atoms with Crippen molar-refractivity contribution in [2.24, 2.45) is 0 Å². The van der Waals surface area contributed by atoms with Crippen LogP contribution in [-0.4, -0.2) is 25.1 Å². The molecular formula is C22H18N2O3S2. The van der Waals surface area contributed by atoms with Crippen molar-refractivity contribution >= 4 is 43.0 Å². The second-order valence-electron chi connectivity index (χ2n) is 6.60. The molecule has 3 aromatic carbocycles. The predicted octanol–water partition coefficient (Wildman–Crippen LogP) is 4.52. The van der Waals surface area contributed by atoms with Crippen LogP contribution in [0.1, 0.15) is 5.56 Å². The number of nitrogens with one attached hydrogen (secondary N) is 1. The first kappa shape index (κ1) is 19.3. The van der Waals surface area contributed by atoms with Crippen LogP contribution in [0.4, 0.5) is 5.69 Å². The number of hydrogen-bond acceptors (Lipinski definition) is 5. The van der Waals surface area contributed by atoms with Crippen LogP contribution in [0.15, 0.2) is 78.9 Å². The number of benzene rings is 3.